The van der Waals surface area contributed by atoms with E-state index >= 15 is 0 Å². The Morgan fingerprint density at radius 2 is 1.88 bits per heavy atom. The smallest absolute Gasteiger partial charge is 0.310 e. The zero-order chi connectivity index (χ0) is 25.0. The maximum atomic E-state index is 13.8. The third-order valence-electron chi connectivity index (χ3n) is 8.15. The van der Waals surface area contributed by atoms with Gasteiger partial charge in [-0.05, 0) is 23.7 Å². The fraction of sp³-hybridized carbons (Fsp3) is 0.750. The summed E-state index contributed by atoms with van der Waals surface area (Å²) in [4.78, 5) is 56.0. The molecule has 2 heterocycles. The van der Waals surface area contributed by atoms with Gasteiger partial charge in [0.15, 0.2) is 23.8 Å². The van der Waals surface area contributed by atoms with Gasteiger partial charge in [-0.2, -0.15) is 4.98 Å². The van der Waals surface area contributed by atoms with Crippen LogP contribution >= 0.6 is 0 Å². The molecule has 2 saturated carbocycles. The number of methoxy groups -OCH3 is 1. The second kappa shape index (κ2) is 8.46. The molecule has 1 aliphatic heterocycles. The molecule has 0 radical (unpaired) electrons. The van der Waals surface area contributed by atoms with Gasteiger partial charge in [-0.3, -0.25) is 19.2 Å². The number of hydrogen-bond acceptors (Lipinski definition) is 10. The van der Waals surface area contributed by atoms with E-state index in [1.165, 1.54) is 14.0 Å². The second-order valence-corrected chi connectivity index (χ2v) is 10.6. The number of carbonyl (C=O) groups excluding carboxylic acids is 4. The van der Waals surface area contributed by atoms with Crippen LogP contribution in [0.4, 0.5) is 0 Å². The first-order valence-electron chi connectivity index (χ1n) is 11.7. The van der Waals surface area contributed by atoms with Crippen LogP contribution in [0.15, 0.2) is 4.52 Å². The van der Waals surface area contributed by atoms with Gasteiger partial charge in [0.2, 0.25) is 0 Å². The standard InChI is InChI=1S/C24H32N2O8/c1-11(2)19-25-20(34-26-19)16-10-24(5)13(22(30)33-16)7-8-23(4)14(21(29)31-6)9-15(32-12(3)27)17(28)18(23)24/h11,13-16,18H,7-10H2,1-6H3/t13-,14-,15-,16-,18-,23-,24-/m0/s1. The molecule has 186 valence electrons. The Hall–Kier alpha value is -2.78. The highest BCUT2D eigenvalue weighted by atomic mass is 16.6. The summed E-state index contributed by atoms with van der Waals surface area (Å²) in [5, 5.41) is 3.98. The number of ether oxygens (including phenoxy) is 3. The molecule has 2 aliphatic carbocycles. The Labute approximate surface area is 198 Å². The van der Waals surface area contributed by atoms with Gasteiger partial charge in [-0.15, -0.1) is 0 Å². The lowest BCUT2D eigenvalue weighted by Crippen LogP contribution is -2.64. The number of ketones is 1. The molecule has 0 aromatic carbocycles. The van der Waals surface area contributed by atoms with E-state index < -0.39 is 58.7 Å². The van der Waals surface area contributed by atoms with Crippen LogP contribution in [0.1, 0.15) is 84.0 Å². The lowest BCUT2D eigenvalue weighted by atomic mass is 9.43. The Morgan fingerprint density at radius 1 is 1.18 bits per heavy atom. The molecule has 4 rings (SSSR count). The topological polar surface area (TPSA) is 135 Å². The number of nitrogens with zero attached hydrogens (tertiary/aromatic N) is 2. The number of esters is 3. The van der Waals surface area contributed by atoms with Crippen molar-refractivity contribution in [1.82, 2.24) is 10.1 Å². The molecule has 7 atom stereocenters. The highest BCUT2D eigenvalue weighted by Gasteiger charge is 2.68. The highest BCUT2D eigenvalue weighted by Crippen LogP contribution is 2.65. The molecule has 3 fully saturated rings. The summed E-state index contributed by atoms with van der Waals surface area (Å²) in [5.74, 6) is -2.97. The number of carbonyl (C=O) groups is 4. The Balaban J connectivity index is 1.77. The third-order valence-corrected chi connectivity index (χ3v) is 8.15. The summed E-state index contributed by atoms with van der Waals surface area (Å²) in [7, 11) is 1.31. The van der Waals surface area contributed by atoms with E-state index in [2.05, 4.69) is 10.1 Å². The Kier molecular flexibility index (Phi) is 6.06. The zero-order valence-corrected chi connectivity index (χ0v) is 20.5. The first-order valence-corrected chi connectivity index (χ1v) is 11.7. The highest BCUT2D eigenvalue weighted by molar-refractivity contribution is 5.93. The van der Waals surface area contributed by atoms with Gasteiger partial charge in [-0.1, -0.05) is 32.9 Å². The maximum absolute atomic E-state index is 13.8. The monoisotopic (exact) mass is 476 g/mol. The first kappa shape index (κ1) is 24.3. The fourth-order valence-electron chi connectivity index (χ4n) is 6.57. The Bertz CT molecular complexity index is 1020. The largest absolute Gasteiger partial charge is 0.469 e. The lowest BCUT2D eigenvalue weighted by Gasteiger charge is -2.60. The van der Waals surface area contributed by atoms with E-state index in [9.17, 15) is 19.2 Å². The number of fused-ring (bicyclic) bond motifs is 3. The minimum Gasteiger partial charge on any atom is -0.469 e. The van der Waals surface area contributed by atoms with E-state index in [-0.39, 0.29) is 30.4 Å². The quantitative estimate of drug-likeness (QED) is 0.471. The molecule has 1 aromatic heterocycles. The van der Waals surface area contributed by atoms with Gasteiger partial charge in [-0.25, -0.2) is 0 Å². The van der Waals surface area contributed by atoms with E-state index in [4.69, 9.17) is 18.7 Å². The molecule has 10 heteroatoms. The SMILES string of the molecule is COC(=O)[C@@H]1C[C@H](OC(C)=O)C(=O)[C@H]2[C@@]1(C)CC[C@H]1C(=O)O[C@H](c3nc(C(C)C)no3)C[C@]21C. The summed E-state index contributed by atoms with van der Waals surface area (Å²) in [6.45, 7) is 8.87. The molecule has 0 spiro atoms. The number of Topliss-reactive ketones (excluding diaryl/α,β-unsaturated/α-hetero) is 1. The molecule has 0 unspecified atom stereocenters. The van der Waals surface area contributed by atoms with E-state index in [1.807, 2.05) is 27.7 Å². The van der Waals surface area contributed by atoms with Crippen LogP contribution in [0.3, 0.4) is 0 Å². The van der Waals surface area contributed by atoms with Crippen molar-refractivity contribution in [3.63, 3.8) is 0 Å². The number of rotatable bonds is 4. The average Bonchev–Trinajstić information content (AvgIpc) is 3.25. The maximum Gasteiger partial charge on any atom is 0.310 e. The van der Waals surface area contributed by atoms with Crippen LogP contribution in [0.2, 0.25) is 0 Å². The minimum absolute atomic E-state index is 0.0309. The average molecular weight is 477 g/mol. The van der Waals surface area contributed by atoms with E-state index in [0.717, 1.165) is 0 Å². The predicted molar refractivity (Wildman–Crippen MR) is 115 cm³/mol. The van der Waals surface area contributed by atoms with Gasteiger partial charge in [0.25, 0.3) is 5.89 Å². The second-order valence-electron chi connectivity index (χ2n) is 10.6. The van der Waals surface area contributed by atoms with Crippen LogP contribution in [0.5, 0.6) is 0 Å². The van der Waals surface area contributed by atoms with Crippen molar-refractivity contribution in [3.8, 4) is 0 Å². The van der Waals surface area contributed by atoms with Crippen molar-refractivity contribution in [2.75, 3.05) is 7.11 Å². The molecule has 1 saturated heterocycles. The number of cyclic esters (lactones) is 1. The third kappa shape index (κ3) is 3.71. The predicted octanol–water partition coefficient (Wildman–Crippen LogP) is 2.91. The minimum atomic E-state index is -1.08. The summed E-state index contributed by atoms with van der Waals surface area (Å²) < 4.78 is 21.6. The fourth-order valence-corrected chi connectivity index (χ4v) is 6.57. The van der Waals surface area contributed by atoms with Crippen molar-refractivity contribution in [2.24, 2.45) is 28.6 Å². The molecule has 0 N–H and O–H groups in total. The molecule has 1 aromatic rings. The van der Waals surface area contributed by atoms with Crippen molar-refractivity contribution in [3.05, 3.63) is 11.7 Å². The van der Waals surface area contributed by atoms with E-state index in [0.29, 0.717) is 18.7 Å². The lowest BCUT2D eigenvalue weighted by molar-refractivity contribution is -0.211. The molecule has 10 nitrogen and oxygen atoms in total. The van der Waals surface area contributed by atoms with Crippen molar-refractivity contribution in [2.45, 2.75) is 78.4 Å². The summed E-state index contributed by atoms with van der Waals surface area (Å²) >= 11 is 0. The van der Waals surface area contributed by atoms with Crippen molar-refractivity contribution < 1.29 is 37.9 Å². The van der Waals surface area contributed by atoms with Crippen LogP contribution in [-0.4, -0.2) is 47.0 Å². The van der Waals surface area contributed by atoms with Gasteiger partial charge in [0.05, 0.1) is 18.9 Å². The van der Waals surface area contributed by atoms with Crippen molar-refractivity contribution in [1.29, 1.82) is 0 Å². The molecular weight excluding hydrogens is 444 g/mol. The van der Waals surface area contributed by atoms with Gasteiger partial charge >= 0.3 is 17.9 Å². The number of hydrogen-bond donors (Lipinski definition) is 0. The Morgan fingerprint density at radius 3 is 2.47 bits per heavy atom. The van der Waals surface area contributed by atoms with Crippen molar-refractivity contribution >= 4 is 23.7 Å². The molecule has 0 amide bonds. The normalized spacial score (nSPS) is 37.4. The molecule has 3 aliphatic rings. The molecular formula is C24H32N2O8. The summed E-state index contributed by atoms with van der Waals surface area (Å²) in [5.41, 5.74) is -1.65. The summed E-state index contributed by atoms with van der Waals surface area (Å²) in [6.07, 6.45) is -0.621. The first-order chi connectivity index (χ1) is 15.9. The molecule has 34 heavy (non-hydrogen) atoms. The van der Waals surface area contributed by atoms with Gasteiger partial charge in [0.1, 0.15) is 0 Å². The van der Waals surface area contributed by atoms with Gasteiger partial charge in [0, 0.05) is 31.6 Å². The van der Waals surface area contributed by atoms with E-state index in [1.54, 1.807) is 0 Å². The molecule has 0 bridgehead atoms. The van der Waals surface area contributed by atoms with Crippen LogP contribution < -0.4 is 0 Å². The number of aromatic nitrogens is 2. The zero-order valence-electron chi connectivity index (χ0n) is 20.5. The van der Waals surface area contributed by atoms with Crippen LogP contribution in [0.25, 0.3) is 0 Å². The van der Waals surface area contributed by atoms with Crippen LogP contribution in [-0.2, 0) is 33.4 Å². The van der Waals surface area contributed by atoms with Gasteiger partial charge < -0.3 is 18.7 Å². The van der Waals surface area contributed by atoms with Crippen LogP contribution in [0, 0.1) is 28.6 Å². The summed E-state index contributed by atoms with van der Waals surface area (Å²) in [6, 6.07) is 0.